The maximum absolute atomic E-state index is 13.2. The monoisotopic (exact) mass is 331 g/mol. The first kappa shape index (κ1) is 17.1. The van der Waals surface area contributed by atoms with E-state index in [4.69, 9.17) is 9.84 Å². The number of alkyl halides is 3. The molecule has 0 radical (unpaired) electrons. The van der Waals surface area contributed by atoms with Crippen molar-refractivity contribution in [3.8, 4) is 0 Å². The van der Waals surface area contributed by atoms with E-state index in [9.17, 15) is 22.8 Å². The van der Waals surface area contributed by atoms with E-state index in [-0.39, 0.29) is 6.61 Å². The minimum Gasteiger partial charge on any atom is -0.481 e. The summed E-state index contributed by atoms with van der Waals surface area (Å²) >= 11 is 0. The van der Waals surface area contributed by atoms with E-state index in [0.29, 0.717) is 5.56 Å². The number of likely N-dealkylation sites (tertiary alicyclic amines) is 1. The Bertz CT molecular complexity index is 590. The number of halogens is 3. The number of carbonyl (C=O) groups is 2. The molecule has 1 aliphatic rings. The van der Waals surface area contributed by atoms with E-state index in [0.717, 1.165) is 11.8 Å². The van der Waals surface area contributed by atoms with Gasteiger partial charge in [-0.1, -0.05) is 30.3 Å². The van der Waals surface area contributed by atoms with Gasteiger partial charge in [0.15, 0.2) is 0 Å². The molecule has 0 saturated carbocycles. The fraction of sp³-hybridized carbons (Fsp3) is 0.467. The Balaban J connectivity index is 2.06. The Hall–Kier alpha value is -2.25. The molecule has 1 aliphatic heterocycles. The van der Waals surface area contributed by atoms with E-state index < -0.39 is 42.7 Å². The van der Waals surface area contributed by atoms with E-state index in [1.165, 1.54) is 0 Å². The standard InChI is InChI=1S/C15H16F3NO4/c1-14(15(16,17)18)9-19(7-11(14)12(20)21)13(22)23-8-10-5-3-2-4-6-10/h2-6,11H,7-9H2,1H3,(H,20,21)/t11-,14+/m1/s1. The highest BCUT2D eigenvalue weighted by atomic mass is 19.4. The smallest absolute Gasteiger partial charge is 0.410 e. The fourth-order valence-corrected chi connectivity index (χ4v) is 2.58. The molecule has 1 fully saturated rings. The Kier molecular flexibility index (Phi) is 4.53. The molecule has 2 atom stereocenters. The summed E-state index contributed by atoms with van der Waals surface area (Å²) in [5, 5.41) is 9.04. The molecule has 1 saturated heterocycles. The van der Waals surface area contributed by atoms with Crippen LogP contribution in [0.2, 0.25) is 0 Å². The second-order valence-electron chi connectivity index (χ2n) is 5.73. The van der Waals surface area contributed by atoms with Gasteiger partial charge in [-0.05, 0) is 12.5 Å². The zero-order chi connectivity index (χ0) is 17.3. The van der Waals surface area contributed by atoms with E-state index >= 15 is 0 Å². The van der Waals surface area contributed by atoms with Gasteiger partial charge in [0.05, 0.1) is 11.3 Å². The molecule has 1 amide bonds. The van der Waals surface area contributed by atoms with Crippen LogP contribution in [0, 0.1) is 11.3 Å². The molecule has 1 N–H and O–H groups in total. The molecule has 23 heavy (non-hydrogen) atoms. The highest BCUT2D eigenvalue weighted by Crippen LogP contribution is 2.48. The molecule has 0 bridgehead atoms. The number of nitrogens with zero attached hydrogens (tertiary/aromatic N) is 1. The third kappa shape index (κ3) is 3.40. The van der Waals surface area contributed by atoms with Gasteiger partial charge in [0.25, 0.3) is 0 Å². The molecule has 0 aromatic heterocycles. The Morgan fingerprint density at radius 3 is 2.43 bits per heavy atom. The van der Waals surface area contributed by atoms with Crippen LogP contribution in [0.15, 0.2) is 30.3 Å². The number of carboxylic acid groups (broad SMARTS) is 1. The van der Waals surface area contributed by atoms with E-state index in [2.05, 4.69) is 0 Å². The van der Waals surface area contributed by atoms with Crippen molar-refractivity contribution < 1.29 is 32.6 Å². The van der Waals surface area contributed by atoms with Gasteiger partial charge >= 0.3 is 18.2 Å². The summed E-state index contributed by atoms with van der Waals surface area (Å²) in [4.78, 5) is 23.9. The van der Waals surface area contributed by atoms with Crippen LogP contribution in [-0.2, 0) is 16.1 Å². The molecular weight excluding hydrogens is 315 g/mol. The number of hydrogen-bond donors (Lipinski definition) is 1. The molecule has 1 heterocycles. The van der Waals surface area contributed by atoms with Gasteiger partial charge in [-0.2, -0.15) is 13.2 Å². The van der Waals surface area contributed by atoms with Crippen molar-refractivity contribution in [2.45, 2.75) is 19.7 Å². The summed E-state index contributed by atoms with van der Waals surface area (Å²) < 4.78 is 44.6. The van der Waals surface area contributed by atoms with Crippen molar-refractivity contribution in [3.63, 3.8) is 0 Å². The summed E-state index contributed by atoms with van der Waals surface area (Å²) in [5.74, 6) is -3.30. The third-order valence-electron chi connectivity index (χ3n) is 4.10. The fourth-order valence-electron chi connectivity index (χ4n) is 2.58. The van der Waals surface area contributed by atoms with Crippen LogP contribution < -0.4 is 0 Å². The van der Waals surface area contributed by atoms with Crippen LogP contribution in [0.3, 0.4) is 0 Å². The minimum absolute atomic E-state index is 0.0867. The Morgan fingerprint density at radius 2 is 1.96 bits per heavy atom. The summed E-state index contributed by atoms with van der Waals surface area (Å²) in [5.41, 5.74) is -1.81. The van der Waals surface area contributed by atoms with Crippen molar-refractivity contribution in [2.75, 3.05) is 13.1 Å². The molecule has 5 nitrogen and oxygen atoms in total. The quantitative estimate of drug-likeness (QED) is 0.925. The van der Waals surface area contributed by atoms with Crippen LogP contribution >= 0.6 is 0 Å². The minimum atomic E-state index is -4.73. The van der Waals surface area contributed by atoms with E-state index in [1.807, 2.05) is 0 Å². The number of ether oxygens (including phenoxy) is 1. The lowest BCUT2D eigenvalue weighted by Crippen LogP contribution is -2.45. The topological polar surface area (TPSA) is 66.8 Å². The number of aliphatic carboxylic acids is 1. The molecule has 0 spiro atoms. The highest BCUT2D eigenvalue weighted by Gasteiger charge is 2.63. The first-order valence-electron chi connectivity index (χ1n) is 6.90. The lowest BCUT2D eigenvalue weighted by molar-refractivity contribution is -0.228. The van der Waals surface area contributed by atoms with Crippen molar-refractivity contribution in [2.24, 2.45) is 11.3 Å². The van der Waals surface area contributed by atoms with Crippen molar-refractivity contribution in [1.82, 2.24) is 4.90 Å². The molecule has 1 aromatic rings. The first-order valence-corrected chi connectivity index (χ1v) is 6.90. The number of benzene rings is 1. The normalized spacial score (nSPS) is 24.5. The van der Waals surface area contributed by atoms with Gasteiger partial charge in [-0.25, -0.2) is 4.79 Å². The van der Waals surface area contributed by atoms with Crippen LogP contribution in [0.1, 0.15) is 12.5 Å². The van der Waals surface area contributed by atoms with Crippen LogP contribution in [0.25, 0.3) is 0 Å². The summed E-state index contributed by atoms with van der Waals surface area (Å²) in [6.45, 7) is -0.535. The van der Waals surface area contributed by atoms with Gasteiger partial charge in [0.1, 0.15) is 6.61 Å². The van der Waals surface area contributed by atoms with Gasteiger partial charge in [0.2, 0.25) is 0 Å². The predicted octanol–water partition coefficient (Wildman–Crippen LogP) is 2.91. The van der Waals surface area contributed by atoms with E-state index in [1.54, 1.807) is 30.3 Å². The third-order valence-corrected chi connectivity index (χ3v) is 4.10. The van der Waals surface area contributed by atoms with Crippen molar-refractivity contribution in [3.05, 3.63) is 35.9 Å². The highest BCUT2D eigenvalue weighted by molar-refractivity contribution is 5.75. The zero-order valence-corrected chi connectivity index (χ0v) is 12.3. The van der Waals surface area contributed by atoms with Crippen LogP contribution in [0.4, 0.5) is 18.0 Å². The number of carboxylic acids is 1. The first-order chi connectivity index (χ1) is 10.6. The Morgan fingerprint density at radius 1 is 1.35 bits per heavy atom. The predicted molar refractivity (Wildman–Crippen MR) is 73.5 cm³/mol. The summed E-state index contributed by atoms with van der Waals surface area (Å²) in [7, 11) is 0. The van der Waals surface area contributed by atoms with Gasteiger partial charge in [-0.15, -0.1) is 0 Å². The number of amides is 1. The maximum atomic E-state index is 13.2. The lowest BCUT2D eigenvalue weighted by Gasteiger charge is -2.30. The summed E-state index contributed by atoms with van der Waals surface area (Å²) in [6.07, 6.45) is -5.68. The van der Waals surface area contributed by atoms with Gasteiger partial charge < -0.3 is 14.7 Å². The van der Waals surface area contributed by atoms with Crippen LogP contribution in [-0.4, -0.2) is 41.3 Å². The second-order valence-corrected chi connectivity index (χ2v) is 5.73. The Labute approximate surface area is 130 Å². The molecule has 1 aromatic carbocycles. The number of carbonyl (C=O) groups excluding carboxylic acids is 1. The molecule has 2 rings (SSSR count). The molecule has 8 heteroatoms. The molecule has 0 aliphatic carbocycles. The van der Waals surface area contributed by atoms with Gasteiger partial charge in [-0.3, -0.25) is 4.79 Å². The maximum Gasteiger partial charge on any atom is 0.410 e. The summed E-state index contributed by atoms with van der Waals surface area (Å²) in [6, 6.07) is 8.66. The van der Waals surface area contributed by atoms with Gasteiger partial charge in [0, 0.05) is 13.1 Å². The largest absolute Gasteiger partial charge is 0.481 e. The molecular formula is C15H16F3NO4. The average molecular weight is 331 g/mol. The van der Waals surface area contributed by atoms with Crippen molar-refractivity contribution >= 4 is 12.1 Å². The SMILES string of the molecule is C[C@]1(C(F)(F)F)CN(C(=O)OCc2ccccc2)C[C@@H]1C(=O)O. The average Bonchev–Trinajstić information content (AvgIpc) is 2.85. The van der Waals surface area contributed by atoms with Crippen molar-refractivity contribution in [1.29, 1.82) is 0 Å². The lowest BCUT2D eigenvalue weighted by atomic mass is 9.79. The molecule has 126 valence electrons. The zero-order valence-electron chi connectivity index (χ0n) is 12.3. The second kappa shape index (κ2) is 6.10. The van der Waals surface area contributed by atoms with Crippen LogP contribution in [0.5, 0.6) is 0 Å². The molecule has 0 unspecified atom stereocenters. The number of hydrogen-bond acceptors (Lipinski definition) is 3. The number of rotatable bonds is 3.